The zero-order valence-corrected chi connectivity index (χ0v) is 20.1. The number of benzene rings is 4. The summed E-state index contributed by atoms with van der Waals surface area (Å²) in [6, 6.07) is 28.3. The van der Waals surface area contributed by atoms with E-state index in [1.807, 2.05) is 12.1 Å². The summed E-state index contributed by atoms with van der Waals surface area (Å²) in [7, 11) is 0. The second kappa shape index (κ2) is 7.84. The second-order valence-electron chi connectivity index (χ2n) is 10.4. The summed E-state index contributed by atoms with van der Waals surface area (Å²) in [6.07, 6.45) is 0. The van der Waals surface area contributed by atoms with Crippen molar-refractivity contribution in [1.82, 2.24) is 0 Å². The first-order chi connectivity index (χ1) is 14.6. The van der Waals surface area contributed by atoms with Crippen LogP contribution in [0.25, 0.3) is 33.0 Å². The molecule has 0 saturated heterocycles. The molecule has 0 fully saturated rings. The van der Waals surface area contributed by atoms with E-state index in [2.05, 4.69) is 108 Å². The largest absolute Gasteiger partial charge is 0.0843 e. The fourth-order valence-electron chi connectivity index (χ4n) is 4.49. The van der Waals surface area contributed by atoms with Crippen molar-refractivity contribution < 1.29 is 0 Å². The average molecular weight is 427 g/mol. The highest BCUT2D eigenvalue weighted by Crippen LogP contribution is 2.46. The van der Waals surface area contributed by atoms with Gasteiger partial charge in [-0.2, -0.15) is 0 Å². The van der Waals surface area contributed by atoms with Crippen molar-refractivity contribution in [3.8, 4) is 22.3 Å². The first-order valence-electron chi connectivity index (χ1n) is 11.0. The molecular formula is C30H31Cl. The van der Waals surface area contributed by atoms with Gasteiger partial charge in [0, 0.05) is 5.02 Å². The van der Waals surface area contributed by atoms with Crippen molar-refractivity contribution in [2.45, 2.75) is 52.4 Å². The number of hydrogen-bond acceptors (Lipinski definition) is 0. The molecule has 0 unspecified atom stereocenters. The van der Waals surface area contributed by atoms with Gasteiger partial charge in [-0.15, -0.1) is 0 Å². The molecule has 4 rings (SSSR count). The Morgan fingerprint density at radius 3 is 1.42 bits per heavy atom. The predicted molar refractivity (Wildman–Crippen MR) is 137 cm³/mol. The number of rotatable bonds is 2. The Hall–Kier alpha value is -2.57. The van der Waals surface area contributed by atoms with Gasteiger partial charge in [0.25, 0.3) is 0 Å². The Kier molecular flexibility index (Phi) is 5.48. The molecule has 4 aromatic carbocycles. The van der Waals surface area contributed by atoms with Gasteiger partial charge in [0.15, 0.2) is 0 Å². The maximum Gasteiger partial charge on any atom is 0.0406 e. The molecule has 0 aliphatic heterocycles. The summed E-state index contributed by atoms with van der Waals surface area (Å²) < 4.78 is 0. The van der Waals surface area contributed by atoms with Crippen LogP contribution in [-0.4, -0.2) is 0 Å². The molecule has 158 valence electrons. The van der Waals surface area contributed by atoms with Crippen LogP contribution < -0.4 is 0 Å². The molecule has 0 nitrogen and oxygen atoms in total. The van der Waals surface area contributed by atoms with Crippen LogP contribution in [0, 0.1) is 0 Å². The molecule has 4 aromatic rings. The van der Waals surface area contributed by atoms with Crippen LogP contribution in [0.15, 0.2) is 78.9 Å². The molecule has 0 radical (unpaired) electrons. The Labute approximate surface area is 191 Å². The van der Waals surface area contributed by atoms with Gasteiger partial charge in [-0.25, -0.2) is 0 Å². The third kappa shape index (κ3) is 4.14. The number of fused-ring (bicyclic) bond motifs is 1. The Morgan fingerprint density at radius 1 is 0.516 bits per heavy atom. The van der Waals surface area contributed by atoms with E-state index in [4.69, 9.17) is 11.6 Å². The van der Waals surface area contributed by atoms with E-state index in [0.29, 0.717) is 0 Å². The van der Waals surface area contributed by atoms with Gasteiger partial charge in [0.1, 0.15) is 0 Å². The van der Waals surface area contributed by atoms with Crippen LogP contribution in [-0.2, 0) is 10.8 Å². The second-order valence-corrected chi connectivity index (χ2v) is 10.9. The van der Waals surface area contributed by atoms with Crippen molar-refractivity contribution in [3.05, 3.63) is 95.0 Å². The summed E-state index contributed by atoms with van der Waals surface area (Å²) in [6.45, 7) is 13.8. The minimum Gasteiger partial charge on any atom is -0.0843 e. The monoisotopic (exact) mass is 426 g/mol. The van der Waals surface area contributed by atoms with Crippen molar-refractivity contribution in [3.63, 3.8) is 0 Å². The summed E-state index contributed by atoms with van der Waals surface area (Å²) in [4.78, 5) is 0. The van der Waals surface area contributed by atoms with Crippen LogP contribution in [0.4, 0.5) is 0 Å². The standard InChI is InChI=1S/C30H31Cl/c1-29(2,3)24-18-14-22-15-19-25(30(4,5)6)27(21-12-16-23(31)17-13-21)28(22)26(24)20-10-8-7-9-11-20/h7-19H,1-6H3. The molecule has 0 aliphatic rings. The summed E-state index contributed by atoms with van der Waals surface area (Å²) in [5.41, 5.74) is 7.87. The Morgan fingerprint density at radius 2 is 0.968 bits per heavy atom. The maximum atomic E-state index is 6.26. The van der Waals surface area contributed by atoms with Crippen molar-refractivity contribution in [1.29, 1.82) is 0 Å². The van der Waals surface area contributed by atoms with Crippen LogP contribution in [0.3, 0.4) is 0 Å². The Bertz CT molecular complexity index is 1210. The van der Waals surface area contributed by atoms with Gasteiger partial charge >= 0.3 is 0 Å². The van der Waals surface area contributed by atoms with Gasteiger partial charge in [0.2, 0.25) is 0 Å². The molecule has 0 heterocycles. The fraction of sp³-hybridized carbons (Fsp3) is 0.267. The molecule has 0 spiro atoms. The summed E-state index contributed by atoms with van der Waals surface area (Å²) >= 11 is 6.26. The lowest BCUT2D eigenvalue weighted by atomic mass is 9.75. The minimum atomic E-state index is 0.00878. The molecule has 0 bridgehead atoms. The summed E-state index contributed by atoms with van der Waals surface area (Å²) in [5, 5.41) is 3.36. The third-order valence-electron chi connectivity index (χ3n) is 6.00. The third-order valence-corrected chi connectivity index (χ3v) is 6.25. The molecule has 0 aliphatic carbocycles. The fourth-order valence-corrected chi connectivity index (χ4v) is 4.62. The first kappa shape index (κ1) is 21.7. The lowest BCUT2D eigenvalue weighted by Crippen LogP contribution is -2.15. The zero-order valence-electron chi connectivity index (χ0n) is 19.4. The highest BCUT2D eigenvalue weighted by Gasteiger charge is 2.26. The molecule has 31 heavy (non-hydrogen) atoms. The normalized spacial score (nSPS) is 12.4. The van der Waals surface area contributed by atoms with Crippen LogP contribution >= 0.6 is 11.6 Å². The van der Waals surface area contributed by atoms with E-state index < -0.39 is 0 Å². The van der Waals surface area contributed by atoms with Gasteiger partial charge < -0.3 is 0 Å². The Balaban J connectivity index is 2.25. The van der Waals surface area contributed by atoms with Crippen molar-refractivity contribution in [2.75, 3.05) is 0 Å². The highest BCUT2D eigenvalue weighted by molar-refractivity contribution is 6.30. The van der Waals surface area contributed by atoms with Gasteiger partial charge in [-0.05, 0) is 67.1 Å². The van der Waals surface area contributed by atoms with Gasteiger partial charge in [-0.3, -0.25) is 0 Å². The number of halogens is 1. The molecule has 1 heteroatoms. The minimum absolute atomic E-state index is 0.00878. The first-order valence-corrected chi connectivity index (χ1v) is 11.4. The SMILES string of the molecule is CC(C)(C)c1ccc2ccc(C(C)(C)C)c(-c3ccc(Cl)cc3)c2c1-c1ccccc1. The lowest BCUT2D eigenvalue weighted by molar-refractivity contribution is 0.591. The molecule has 0 saturated carbocycles. The van der Waals surface area contributed by atoms with E-state index in [0.717, 1.165) is 5.02 Å². The van der Waals surface area contributed by atoms with Crippen molar-refractivity contribution >= 4 is 22.4 Å². The molecular weight excluding hydrogens is 396 g/mol. The van der Waals surface area contributed by atoms with Crippen LogP contribution in [0.1, 0.15) is 52.7 Å². The number of hydrogen-bond donors (Lipinski definition) is 0. The summed E-state index contributed by atoms with van der Waals surface area (Å²) in [5.74, 6) is 0. The molecule has 0 aromatic heterocycles. The lowest BCUT2D eigenvalue weighted by Gasteiger charge is -2.29. The highest BCUT2D eigenvalue weighted by atomic mass is 35.5. The van der Waals surface area contributed by atoms with E-state index in [1.165, 1.54) is 44.2 Å². The zero-order chi connectivity index (χ0) is 22.4. The van der Waals surface area contributed by atoms with E-state index >= 15 is 0 Å². The van der Waals surface area contributed by atoms with Crippen molar-refractivity contribution in [2.24, 2.45) is 0 Å². The van der Waals surface area contributed by atoms with E-state index in [9.17, 15) is 0 Å². The molecule has 0 atom stereocenters. The van der Waals surface area contributed by atoms with E-state index in [1.54, 1.807) is 0 Å². The molecule has 0 amide bonds. The van der Waals surface area contributed by atoms with Gasteiger partial charge in [0.05, 0.1) is 0 Å². The quantitative estimate of drug-likeness (QED) is 0.299. The topological polar surface area (TPSA) is 0 Å². The predicted octanol–water partition coefficient (Wildman–Crippen LogP) is 9.42. The van der Waals surface area contributed by atoms with E-state index in [-0.39, 0.29) is 10.8 Å². The van der Waals surface area contributed by atoms with Crippen LogP contribution in [0.2, 0.25) is 5.02 Å². The van der Waals surface area contributed by atoms with Crippen LogP contribution in [0.5, 0.6) is 0 Å². The van der Waals surface area contributed by atoms with Gasteiger partial charge in [-0.1, -0.05) is 120 Å². The smallest absolute Gasteiger partial charge is 0.0406 e. The average Bonchev–Trinajstić information content (AvgIpc) is 2.72. The maximum absolute atomic E-state index is 6.26. The molecule has 0 N–H and O–H groups in total.